The molecule has 0 rings (SSSR count). The zero-order chi connectivity index (χ0) is 25.7. The van der Waals surface area contributed by atoms with Crippen molar-refractivity contribution in [3.8, 4) is 0 Å². The molecule has 0 bridgehead atoms. The predicted octanol–water partition coefficient (Wildman–Crippen LogP) is 7.67. The predicted molar refractivity (Wildman–Crippen MR) is 140 cm³/mol. The molecule has 0 saturated heterocycles. The zero-order valence-corrected chi connectivity index (χ0v) is 22.5. The lowest BCUT2D eigenvalue weighted by molar-refractivity contribution is -0.166. The van der Waals surface area contributed by atoms with E-state index in [1.165, 1.54) is 12.8 Å². The molecule has 0 aliphatic carbocycles. The van der Waals surface area contributed by atoms with E-state index in [4.69, 9.17) is 9.47 Å². The van der Waals surface area contributed by atoms with Gasteiger partial charge in [0.05, 0.1) is 0 Å². The van der Waals surface area contributed by atoms with Crippen LogP contribution in [-0.4, -0.2) is 30.4 Å². The van der Waals surface area contributed by atoms with Gasteiger partial charge in [0.15, 0.2) is 11.9 Å². The zero-order valence-electron chi connectivity index (χ0n) is 22.5. The number of carbonyl (C=O) groups excluding carboxylic acids is 3. The molecule has 0 amide bonds. The highest BCUT2D eigenvalue weighted by Crippen LogP contribution is 2.20. The van der Waals surface area contributed by atoms with Crippen LogP contribution in [-0.2, 0) is 23.9 Å². The third kappa shape index (κ3) is 18.5. The number of esters is 2. The van der Waals surface area contributed by atoms with E-state index in [2.05, 4.69) is 24.3 Å². The normalized spacial score (nSPS) is 12.9. The van der Waals surface area contributed by atoms with Gasteiger partial charge in [-0.2, -0.15) is 0 Å². The van der Waals surface area contributed by atoms with E-state index in [9.17, 15) is 14.4 Å². The van der Waals surface area contributed by atoms with Crippen molar-refractivity contribution in [3.63, 3.8) is 0 Å². The van der Waals surface area contributed by atoms with Crippen LogP contribution >= 0.6 is 0 Å². The SMILES string of the molecule is C/C=C\CCCCCCCC(=O)OCC(OC(=O)CCCCCCC/C=C\C)C(=O)C(C)(C)C. The van der Waals surface area contributed by atoms with E-state index in [0.29, 0.717) is 6.42 Å². The summed E-state index contributed by atoms with van der Waals surface area (Å²) in [6, 6.07) is 0. The van der Waals surface area contributed by atoms with Crippen LogP contribution in [0.4, 0.5) is 0 Å². The molecule has 0 N–H and O–H groups in total. The molecule has 0 aromatic carbocycles. The standard InChI is InChI=1S/C29H50O5/c1-6-8-10-12-14-16-18-20-22-26(30)33-24-25(28(32)29(3,4)5)34-27(31)23-21-19-17-15-13-11-9-7-2/h6-9,25H,10-24H2,1-5H3/b8-6-,9-7-. The lowest BCUT2D eigenvalue weighted by Gasteiger charge is -2.24. The van der Waals surface area contributed by atoms with Gasteiger partial charge in [-0.15, -0.1) is 0 Å². The summed E-state index contributed by atoms with van der Waals surface area (Å²) in [6.07, 6.45) is 20.6. The summed E-state index contributed by atoms with van der Waals surface area (Å²) in [5, 5.41) is 0. The first-order valence-corrected chi connectivity index (χ1v) is 13.3. The summed E-state index contributed by atoms with van der Waals surface area (Å²) in [4.78, 5) is 37.2. The molecule has 0 aliphatic rings. The Kier molecular flexibility index (Phi) is 19.3. The fraction of sp³-hybridized carbons (Fsp3) is 0.759. The van der Waals surface area contributed by atoms with Crippen molar-refractivity contribution in [1.82, 2.24) is 0 Å². The smallest absolute Gasteiger partial charge is 0.306 e. The quantitative estimate of drug-likeness (QED) is 0.102. The molecular formula is C29H50O5. The van der Waals surface area contributed by atoms with Crippen LogP contribution < -0.4 is 0 Å². The minimum Gasteiger partial charge on any atom is -0.461 e. The summed E-state index contributed by atoms with van der Waals surface area (Å²) in [6.45, 7) is 9.20. The maximum Gasteiger partial charge on any atom is 0.306 e. The average Bonchev–Trinajstić information content (AvgIpc) is 2.79. The maximum atomic E-state index is 12.7. The molecular weight excluding hydrogens is 428 g/mol. The summed E-state index contributed by atoms with van der Waals surface area (Å²) >= 11 is 0. The molecule has 5 nitrogen and oxygen atoms in total. The van der Waals surface area contributed by atoms with Crippen LogP contribution in [0.3, 0.4) is 0 Å². The van der Waals surface area contributed by atoms with Crippen LogP contribution in [0.15, 0.2) is 24.3 Å². The highest BCUT2D eigenvalue weighted by molar-refractivity contribution is 5.90. The van der Waals surface area contributed by atoms with E-state index in [0.717, 1.165) is 64.2 Å². The maximum absolute atomic E-state index is 12.7. The minimum atomic E-state index is -1.04. The fourth-order valence-corrected chi connectivity index (χ4v) is 3.56. The van der Waals surface area contributed by atoms with Gasteiger partial charge < -0.3 is 9.47 Å². The number of allylic oxidation sites excluding steroid dienone is 4. The van der Waals surface area contributed by atoms with Crippen molar-refractivity contribution < 1.29 is 23.9 Å². The molecule has 0 heterocycles. The summed E-state index contributed by atoms with van der Waals surface area (Å²) < 4.78 is 10.8. The van der Waals surface area contributed by atoms with Crippen LogP contribution in [0.2, 0.25) is 0 Å². The van der Waals surface area contributed by atoms with E-state index in [-0.39, 0.29) is 24.8 Å². The molecule has 196 valence electrons. The van der Waals surface area contributed by atoms with Gasteiger partial charge in [-0.25, -0.2) is 0 Å². The topological polar surface area (TPSA) is 69.7 Å². The van der Waals surface area contributed by atoms with Gasteiger partial charge in [-0.05, 0) is 52.4 Å². The molecule has 0 spiro atoms. The van der Waals surface area contributed by atoms with Crippen molar-refractivity contribution in [3.05, 3.63) is 24.3 Å². The number of ketones is 1. The van der Waals surface area contributed by atoms with Crippen LogP contribution in [0.25, 0.3) is 0 Å². The van der Waals surface area contributed by atoms with E-state index in [1.54, 1.807) is 20.8 Å². The highest BCUT2D eigenvalue weighted by atomic mass is 16.6. The Labute approximate surface area is 208 Å². The van der Waals surface area contributed by atoms with Gasteiger partial charge in [0.2, 0.25) is 0 Å². The second kappa shape index (κ2) is 20.5. The molecule has 0 radical (unpaired) electrons. The Balaban J connectivity index is 4.28. The number of hydrogen-bond acceptors (Lipinski definition) is 5. The van der Waals surface area contributed by atoms with Crippen molar-refractivity contribution >= 4 is 17.7 Å². The van der Waals surface area contributed by atoms with Gasteiger partial charge in [-0.1, -0.05) is 83.6 Å². The number of carbonyl (C=O) groups is 3. The highest BCUT2D eigenvalue weighted by Gasteiger charge is 2.33. The molecule has 0 aromatic heterocycles. The van der Waals surface area contributed by atoms with Gasteiger partial charge in [0.1, 0.15) is 6.61 Å². The molecule has 1 atom stereocenters. The minimum absolute atomic E-state index is 0.199. The summed E-state index contributed by atoms with van der Waals surface area (Å²) in [5.41, 5.74) is -0.683. The molecule has 0 saturated carbocycles. The van der Waals surface area contributed by atoms with Gasteiger partial charge in [0, 0.05) is 18.3 Å². The Morgan fingerprint density at radius 2 is 1.12 bits per heavy atom. The monoisotopic (exact) mass is 478 g/mol. The Morgan fingerprint density at radius 3 is 1.59 bits per heavy atom. The molecule has 0 aromatic rings. The second-order valence-electron chi connectivity index (χ2n) is 10.0. The number of rotatable bonds is 20. The third-order valence-corrected chi connectivity index (χ3v) is 5.68. The largest absolute Gasteiger partial charge is 0.461 e. The molecule has 0 fully saturated rings. The lowest BCUT2D eigenvalue weighted by atomic mass is 9.87. The van der Waals surface area contributed by atoms with Crippen molar-refractivity contribution in [1.29, 1.82) is 0 Å². The third-order valence-electron chi connectivity index (χ3n) is 5.68. The second-order valence-corrected chi connectivity index (χ2v) is 10.0. The summed E-state index contributed by atoms with van der Waals surface area (Å²) in [5.74, 6) is -0.959. The van der Waals surface area contributed by atoms with Crippen LogP contribution in [0, 0.1) is 5.41 Å². The summed E-state index contributed by atoms with van der Waals surface area (Å²) in [7, 11) is 0. The van der Waals surface area contributed by atoms with E-state index in [1.807, 2.05) is 13.8 Å². The van der Waals surface area contributed by atoms with Crippen molar-refractivity contribution in [2.75, 3.05) is 6.61 Å². The molecule has 0 aliphatic heterocycles. The van der Waals surface area contributed by atoms with Crippen molar-refractivity contribution in [2.24, 2.45) is 5.41 Å². The molecule has 1 unspecified atom stereocenters. The first kappa shape index (κ1) is 32.1. The first-order chi connectivity index (χ1) is 16.2. The van der Waals surface area contributed by atoms with Gasteiger partial charge >= 0.3 is 11.9 Å². The number of unbranched alkanes of at least 4 members (excludes halogenated alkanes) is 10. The molecule has 34 heavy (non-hydrogen) atoms. The van der Waals surface area contributed by atoms with Crippen molar-refractivity contribution in [2.45, 2.75) is 131 Å². The lowest BCUT2D eigenvalue weighted by Crippen LogP contribution is -2.39. The van der Waals surface area contributed by atoms with E-state index < -0.39 is 17.5 Å². The van der Waals surface area contributed by atoms with Gasteiger partial charge in [-0.3, -0.25) is 14.4 Å². The van der Waals surface area contributed by atoms with E-state index >= 15 is 0 Å². The Morgan fingerprint density at radius 1 is 0.676 bits per heavy atom. The van der Waals surface area contributed by atoms with Gasteiger partial charge in [0.25, 0.3) is 0 Å². The number of Topliss-reactive ketones (excluding diaryl/α,β-unsaturated/α-hetero) is 1. The number of ether oxygens (including phenoxy) is 2. The average molecular weight is 479 g/mol. The number of hydrogen-bond donors (Lipinski definition) is 0. The first-order valence-electron chi connectivity index (χ1n) is 13.3. The Hall–Kier alpha value is -1.91. The fourth-order valence-electron chi connectivity index (χ4n) is 3.56. The van der Waals surface area contributed by atoms with Crippen LogP contribution in [0.5, 0.6) is 0 Å². The van der Waals surface area contributed by atoms with Crippen LogP contribution in [0.1, 0.15) is 125 Å². The Bertz CT molecular complexity index is 613. The molecule has 5 heteroatoms.